The third kappa shape index (κ3) is 4.46. The highest BCUT2D eigenvalue weighted by molar-refractivity contribution is 7.14. The topological polar surface area (TPSA) is 121 Å². The van der Waals surface area contributed by atoms with Gasteiger partial charge in [-0.1, -0.05) is 0 Å². The molecule has 0 bridgehead atoms. The summed E-state index contributed by atoms with van der Waals surface area (Å²) in [6.45, 7) is 0. The first-order valence-electron chi connectivity index (χ1n) is 7.47. The predicted octanol–water partition coefficient (Wildman–Crippen LogP) is 2.24. The number of amides is 2. The normalized spacial score (nSPS) is 9.96. The average Bonchev–Trinajstić information content (AvgIpc) is 3.09. The van der Waals surface area contributed by atoms with Gasteiger partial charge in [0.05, 0.1) is 23.7 Å². The molecule has 0 aliphatic rings. The SMILES string of the molecule is N#Cc1ccc(NC(=O)Cc2csc(NC(=O)c3ncccn3)n2)cc1. The van der Waals surface area contributed by atoms with Gasteiger partial charge < -0.3 is 5.32 Å². The van der Waals surface area contributed by atoms with Crippen molar-refractivity contribution in [3.8, 4) is 6.07 Å². The van der Waals surface area contributed by atoms with Crippen LogP contribution in [0, 0.1) is 11.3 Å². The number of aromatic nitrogens is 3. The van der Waals surface area contributed by atoms with Crippen molar-refractivity contribution in [1.82, 2.24) is 15.0 Å². The Labute approximate surface area is 152 Å². The molecule has 3 rings (SSSR count). The van der Waals surface area contributed by atoms with E-state index in [9.17, 15) is 9.59 Å². The highest BCUT2D eigenvalue weighted by atomic mass is 32.1. The molecule has 0 atom stereocenters. The van der Waals surface area contributed by atoms with Crippen molar-refractivity contribution in [2.45, 2.75) is 6.42 Å². The van der Waals surface area contributed by atoms with Gasteiger partial charge in [0, 0.05) is 23.5 Å². The molecule has 8 nitrogen and oxygen atoms in total. The van der Waals surface area contributed by atoms with Crippen LogP contribution in [0.1, 0.15) is 21.9 Å². The van der Waals surface area contributed by atoms with Crippen LogP contribution in [0.3, 0.4) is 0 Å². The molecular weight excluding hydrogens is 352 g/mol. The van der Waals surface area contributed by atoms with Gasteiger partial charge in [0.1, 0.15) is 0 Å². The molecule has 3 aromatic rings. The smallest absolute Gasteiger partial charge is 0.295 e. The molecule has 2 amide bonds. The van der Waals surface area contributed by atoms with Crippen LogP contribution in [-0.4, -0.2) is 26.8 Å². The van der Waals surface area contributed by atoms with E-state index in [1.807, 2.05) is 6.07 Å². The molecule has 0 saturated carbocycles. The van der Waals surface area contributed by atoms with E-state index in [1.165, 1.54) is 23.7 Å². The lowest BCUT2D eigenvalue weighted by Crippen LogP contribution is -2.16. The molecule has 128 valence electrons. The number of rotatable bonds is 5. The molecule has 0 unspecified atom stereocenters. The number of benzene rings is 1. The van der Waals surface area contributed by atoms with Crippen molar-refractivity contribution >= 4 is 34.0 Å². The molecule has 2 heterocycles. The third-order valence-electron chi connectivity index (χ3n) is 3.18. The van der Waals surface area contributed by atoms with Gasteiger partial charge >= 0.3 is 0 Å². The number of carbonyl (C=O) groups excluding carboxylic acids is 2. The summed E-state index contributed by atoms with van der Waals surface area (Å²) in [7, 11) is 0. The largest absolute Gasteiger partial charge is 0.326 e. The molecule has 1 aromatic carbocycles. The zero-order valence-corrected chi connectivity index (χ0v) is 14.2. The summed E-state index contributed by atoms with van der Waals surface area (Å²) in [5, 5.41) is 16.1. The van der Waals surface area contributed by atoms with Crippen LogP contribution >= 0.6 is 11.3 Å². The Morgan fingerprint density at radius 1 is 1.12 bits per heavy atom. The van der Waals surface area contributed by atoms with Crippen LogP contribution in [0.25, 0.3) is 0 Å². The molecule has 9 heteroatoms. The third-order valence-corrected chi connectivity index (χ3v) is 3.99. The van der Waals surface area contributed by atoms with E-state index in [0.717, 1.165) is 0 Å². The Bertz CT molecular complexity index is 963. The van der Waals surface area contributed by atoms with Crippen LogP contribution in [0.4, 0.5) is 10.8 Å². The number of hydrogen-bond acceptors (Lipinski definition) is 7. The van der Waals surface area contributed by atoms with E-state index < -0.39 is 5.91 Å². The first-order valence-corrected chi connectivity index (χ1v) is 8.35. The van der Waals surface area contributed by atoms with Crippen molar-refractivity contribution in [3.05, 3.63) is 65.2 Å². The van der Waals surface area contributed by atoms with E-state index in [4.69, 9.17) is 5.26 Å². The first-order chi connectivity index (χ1) is 12.6. The number of nitrogens with zero attached hydrogens (tertiary/aromatic N) is 4. The standard InChI is InChI=1S/C17H12N6O2S/c18-9-11-2-4-12(5-3-11)21-14(24)8-13-10-26-17(22-13)23-16(25)15-19-6-1-7-20-15/h1-7,10H,8H2,(H,21,24)(H,22,23,25). The summed E-state index contributed by atoms with van der Waals surface area (Å²) in [5.74, 6) is -0.666. The zero-order valence-electron chi connectivity index (χ0n) is 13.3. The van der Waals surface area contributed by atoms with Gasteiger partial charge in [-0.05, 0) is 30.3 Å². The molecule has 2 aromatic heterocycles. The lowest BCUT2D eigenvalue weighted by molar-refractivity contribution is -0.115. The van der Waals surface area contributed by atoms with Crippen molar-refractivity contribution in [1.29, 1.82) is 5.26 Å². The quantitative estimate of drug-likeness (QED) is 0.716. The van der Waals surface area contributed by atoms with Crippen molar-refractivity contribution in [3.63, 3.8) is 0 Å². The Balaban J connectivity index is 1.56. The van der Waals surface area contributed by atoms with Gasteiger partial charge in [0.15, 0.2) is 5.13 Å². The highest BCUT2D eigenvalue weighted by Gasteiger charge is 2.13. The van der Waals surface area contributed by atoms with Gasteiger partial charge in [-0.2, -0.15) is 5.26 Å². The Hall–Kier alpha value is -3.64. The maximum atomic E-state index is 12.1. The van der Waals surface area contributed by atoms with Crippen LogP contribution in [0.2, 0.25) is 0 Å². The molecule has 0 fully saturated rings. The maximum Gasteiger partial charge on any atom is 0.295 e. The van der Waals surface area contributed by atoms with Gasteiger partial charge in [-0.15, -0.1) is 11.3 Å². The minimum absolute atomic E-state index is 0.0443. The Kier molecular flexibility index (Phi) is 5.26. The summed E-state index contributed by atoms with van der Waals surface area (Å²) in [4.78, 5) is 36.0. The highest BCUT2D eigenvalue weighted by Crippen LogP contribution is 2.17. The number of hydrogen-bond donors (Lipinski definition) is 2. The second-order valence-electron chi connectivity index (χ2n) is 5.08. The average molecular weight is 364 g/mol. The van der Waals surface area contributed by atoms with Crippen molar-refractivity contribution in [2.24, 2.45) is 0 Å². The fourth-order valence-corrected chi connectivity index (χ4v) is 2.72. The van der Waals surface area contributed by atoms with Gasteiger partial charge in [-0.3, -0.25) is 14.9 Å². The minimum Gasteiger partial charge on any atom is -0.326 e. The van der Waals surface area contributed by atoms with Crippen LogP contribution in [0.5, 0.6) is 0 Å². The maximum absolute atomic E-state index is 12.1. The summed E-state index contributed by atoms with van der Waals surface area (Å²) in [6.07, 6.45) is 3.01. The van der Waals surface area contributed by atoms with Crippen LogP contribution < -0.4 is 10.6 Å². The minimum atomic E-state index is -0.464. The van der Waals surface area contributed by atoms with Crippen molar-refractivity contribution in [2.75, 3.05) is 10.6 Å². The molecule has 0 radical (unpaired) electrons. The Morgan fingerprint density at radius 3 is 2.54 bits per heavy atom. The Morgan fingerprint density at radius 2 is 1.85 bits per heavy atom. The van der Waals surface area contributed by atoms with E-state index in [2.05, 4.69) is 25.6 Å². The van der Waals surface area contributed by atoms with E-state index in [0.29, 0.717) is 22.1 Å². The number of anilines is 2. The number of nitriles is 1. The van der Waals surface area contributed by atoms with E-state index >= 15 is 0 Å². The molecule has 26 heavy (non-hydrogen) atoms. The molecular formula is C17H12N6O2S. The zero-order chi connectivity index (χ0) is 18.4. The fourth-order valence-electron chi connectivity index (χ4n) is 2.01. The van der Waals surface area contributed by atoms with E-state index in [-0.39, 0.29) is 18.2 Å². The molecule has 0 aliphatic carbocycles. The lowest BCUT2D eigenvalue weighted by atomic mass is 10.2. The fraction of sp³-hybridized carbons (Fsp3) is 0.0588. The van der Waals surface area contributed by atoms with Crippen molar-refractivity contribution < 1.29 is 9.59 Å². The molecule has 0 spiro atoms. The monoisotopic (exact) mass is 364 g/mol. The number of thiazole rings is 1. The summed E-state index contributed by atoms with van der Waals surface area (Å²) in [5.41, 5.74) is 1.65. The summed E-state index contributed by atoms with van der Waals surface area (Å²) >= 11 is 1.21. The van der Waals surface area contributed by atoms with Gasteiger partial charge in [0.2, 0.25) is 11.7 Å². The van der Waals surface area contributed by atoms with Crippen LogP contribution in [-0.2, 0) is 11.2 Å². The van der Waals surface area contributed by atoms with Gasteiger partial charge in [0.25, 0.3) is 5.91 Å². The van der Waals surface area contributed by atoms with Gasteiger partial charge in [-0.25, -0.2) is 15.0 Å². The van der Waals surface area contributed by atoms with E-state index in [1.54, 1.807) is 35.7 Å². The molecule has 2 N–H and O–H groups in total. The second-order valence-corrected chi connectivity index (χ2v) is 5.94. The predicted molar refractivity (Wildman–Crippen MR) is 95.6 cm³/mol. The summed E-state index contributed by atoms with van der Waals surface area (Å²) in [6, 6.07) is 10.2. The summed E-state index contributed by atoms with van der Waals surface area (Å²) < 4.78 is 0. The first kappa shape index (κ1) is 17.2. The lowest BCUT2D eigenvalue weighted by Gasteiger charge is -2.03. The second kappa shape index (κ2) is 7.96. The van der Waals surface area contributed by atoms with Crippen LogP contribution in [0.15, 0.2) is 48.1 Å². The molecule has 0 aliphatic heterocycles. The number of nitrogens with one attached hydrogen (secondary N) is 2. The number of carbonyl (C=O) groups is 2. The molecule has 0 saturated heterocycles.